The van der Waals surface area contributed by atoms with Crippen molar-refractivity contribution in [1.82, 2.24) is 0 Å². The van der Waals surface area contributed by atoms with Crippen molar-refractivity contribution >= 4 is 11.9 Å². The second kappa shape index (κ2) is 3.49. The molecule has 0 spiro atoms. The molecule has 2 heteroatoms. The zero-order chi connectivity index (χ0) is 7.40. The van der Waals surface area contributed by atoms with E-state index in [1.165, 1.54) is 12.1 Å². The van der Waals surface area contributed by atoms with Gasteiger partial charge in [-0.1, -0.05) is 13.8 Å². The third-order valence-corrected chi connectivity index (χ3v) is 1.70. The minimum atomic E-state index is 0.565. The Morgan fingerprint density at radius 2 is 2.30 bits per heavy atom. The summed E-state index contributed by atoms with van der Waals surface area (Å²) in [6, 6.07) is 0. The predicted octanol–water partition coefficient (Wildman–Crippen LogP) is 2.25. The van der Waals surface area contributed by atoms with E-state index in [1.807, 2.05) is 6.21 Å². The van der Waals surface area contributed by atoms with Crippen molar-refractivity contribution in [2.45, 2.75) is 33.1 Å². The molecule has 0 amide bonds. The molecule has 1 heterocycles. The van der Waals surface area contributed by atoms with Crippen LogP contribution in [0.2, 0.25) is 0 Å². The van der Waals surface area contributed by atoms with Gasteiger partial charge in [0.1, 0.15) is 0 Å². The van der Waals surface area contributed by atoms with Gasteiger partial charge in [0.2, 0.25) is 0 Å². The lowest BCUT2D eigenvalue weighted by molar-refractivity contribution is 0.818. The van der Waals surface area contributed by atoms with Crippen LogP contribution in [0.1, 0.15) is 33.1 Å². The maximum atomic E-state index is 4.11. The van der Waals surface area contributed by atoms with E-state index in [2.05, 4.69) is 24.1 Å². The van der Waals surface area contributed by atoms with Crippen LogP contribution in [-0.4, -0.2) is 11.9 Å². The van der Waals surface area contributed by atoms with E-state index in [4.69, 9.17) is 0 Å². The molecule has 0 unspecified atom stereocenters. The van der Waals surface area contributed by atoms with Gasteiger partial charge in [-0.25, -0.2) is 0 Å². The summed E-state index contributed by atoms with van der Waals surface area (Å²) in [5, 5.41) is 8.05. The second-order valence-corrected chi connectivity index (χ2v) is 2.94. The lowest BCUT2D eigenvalue weighted by atomic mass is 10.0. The number of hydrogen-bond donors (Lipinski definition) is 0. The van der Waals surface area contributed by atoms with Gasteiger partial charge in [-0.15, -0.1) is 0 Å². The predicted molar refractivity (Wildman–Crippen MR) is 44.6 cm³/mol. The molecule has 0 saturated heterocycles. The molecule has 0 bridgehead atoms. The normalized spacial score (nSPS) is 18.9. The lowest BCUT2D eigenvalue weighted by Crippen LogP contribution is -2.05. The molecule has 0 atom stereocenters. The molecular weight excluding hydrogens is 124 g/mol. The van der Waals surface area contributed by atoms with E-state index in [-0.39, 0.29) is 0 Å². The summed E-state index contributed by atoms with van der Waals surface area (Å²) >= 11 is 0. The van der Waals surface area contributed by atoms with Crippen molar-refractivity contribution in [3.8, 4) is 0 Å². The van der Waals surface area contributed by atoms with Crippen LogP contribution in [0.4, 0.5) is 0 Å². The van der Waals surface area contributed by atoms with Crippen molar-refractivity contribution < 1.29 is 0 Å². The van der Waals surface area contributed by atoms with Crippen molar-refractivity contribution in [2.24, 2.45) is 16.1 Å². The van der Waals surface area contributed by atoms with E-state index in [0.29, 0.717) is 5.92 Å². The average Bonchev–Trinajstić information content (AvgIpc) is 2.12. The molecule has 0 aromatic heterocycles. The van der Waals surface area contributed by atoms with Crippen LogP contribution in [0, 0.1) is 5.92 Å². The number of nitrogens with zero attached hydrogens (tertiary/aromatic N) is 2. The Morgan fingerprint density at radius 1 is 1.50 bits per heavy atom. The zero-order valence-electron chi connectivity index (χ0n) is 6.67. The molecule has 0 aliphatic carbocycles. The minimum Gasteiger partial charge on any atom is -0.164 e. The van der Waals surface area contributed by atoms with Crippen LogP contribution in [0.25, 0.3) is 0 Å². The van der Waals surface area contributed by atoms with E-state index in [9.17, 15) is 0 Å². The largest absolute Gasteiger partial charge is 0.164 e. The van der Waals surface area contributed by atoms with Gasteiger partial charge in [0, 0.05) is 11.9 Å². The Bertz CT molecular complexity index is 157. The molecule has 1 aliphatic heterocycles. The fourth-order valence-corrected chi connectivity index (χ4v) is 1.00. The van der Waals surface area contributed by atoms with Gasteiger partial charge in [0.15, 0.2) is 0 Å². The quantitative estimate of drug-likeness (QED) is 0.531. The standard InChI is InChI=1S/C8H14N2/c1-7(2)8-5-3-4-6-9-10-8/h6-7H,3-5H2,1-2H3. The molecule has 56 valence electrons. The van der Waals surface area contributed by atoms with Crippen LogP contribution < -0.4 is 0 Å². The summed E-state index contributed by atoms with van der Waals surface area (Å²) in [5.74, 6) is 0.565. The highest BCUT2D eigenvalue weighted by Crippen LogP contribution is 2.08. The van der Waals surface area contributed by atoms with Gasteiger partial charge < -0.3 is 0 Å². The summed E-state index contributed by atoms with van der Waals surface area (Å²) in [6.07, 6.45) is 5.31. The Morgan fingerprint density at radius 3 is 3.00 bits per heavy atom. The van der Waals surface area contributed by atoms with Crippen molar-refractivity contribution in [3.63, 3.8) is 0 Å². The number of hydrogen-bond acceptors (Lipinski definition) is 2. The van der Waals surface area contributed by atoms with Gasteiger partial charge in [-0.2, -0.15) is 10.2 Å². The van der Waals surface area contributed by atoms with Gasteiger partial charge in [0.25, 0.3) is 0 Å². The van der Waals surface area contributed by atoms with Crippen LogP contribution in [0.5, 0.6) is 0 Å². The van der Waals surface area contributed by atoms with Gasteiger partial charge in [-0.05, 0) is 25.2 Å². The Balaban J connectivity index is 2.57. The highest BCUT2D eigenvalue weighted by molar-refractivity contribution is 5.87. The molecule has 0 aromatic rings. The van der Waals surface area contributed by atoms with Crippen LogP contribution >= 0.6 is 0 Å². The summed E-state index contributed by atoms with van der Waals surface area (Å²) in [7, 11) is 0. The highest BCUT2D eigenvalue weighted by Gasteiger charge is 2.05. The van der Waals surface area contributed by atoms with E-state index in [0.717, 1.165) is 12.8 Å². The highest BCUT2D eigenvalue weighted by atomic mass is 15.2. The summed E-state index contributed by atoms with van der Waals surface area (Å²) in [6.45, 7) is 4.33. The molecule has 2 nitrogen and oxygen atoms in total. The van der Waals surface area contributed by atoms with Crippen molar-refractivity contribution in [3.05, 3.63) is 0 Å². The molecular formula is C8H14N2. The van der Waals surface area contributed by atoms with Gasteiger partial charge in [0.05, 0.1) is 0 Å². The average molecular weight is 138 g/mol. The first-order chi connectivity index (χ1) is 4.80. The fraction of sp³-hybridized carbons (Fsp3) is 0.750. The molecule has 0 radical (unpaired) electrons. The van der Waals surface area contributed by atoms with Gasteiger partial charge in [-0.3, -0.25) is 0 Å². The minimum absolute atomic E-state index is 0.565. The maximum Gasteiger partial charge on any atom is 0.0431 e. The molecule has 10 heavy (non-hydrogen) atoms. The first kappa shape index (κ1) is 7.45. The van der Waals surface area contributed by atoms with Gasteiger partial charge >= 0.3 is 0 Å². The molecule has 0 aromatic carbocycles. The topological polar surface area (TPSA) is 24.7 Å². The first-order valence-electron chi connectivity index (χ1n) is 3.89. The summed E-state index contributed by atoms with van der Waals surface area (Å²) < 4.78 is 0. The van der Waals surface area contributed by atoms with Crippen LogP contribution in [-0.2, 0) is 0 Å². The fourth-order valence-electron chi connectivity index (χ4n) is 1.00. The lowest BCUT2D eigenvalue weighted by Gasteiger charge is -2.04. The van der Waals surface area contributed by atoms with Crippen molar-refractivity contribution in [1.29, 1.82) is 0 Å². The van der Waals surface area contributed by atoms with Crippen LogP contribution in [0.15, 0.2) is 10.2 Å². The Kier molecular flexibility index (Phi) is 2.60. The molecule has 0 N–H and O–H groups in total. The third-order valence-electron chi connectivity index (χ3n) is 1.70. The summed E-state index contributed by atoms with van der Waals surface area (Å²) in [4.78, 5) is 0. The monoisotopic (exact) mass is 138 g/mol. The smallest absolute Gasteiger partial charge is 0.0431 e. The Hall–Kier alpha value is -0.660. The van der Waals surface area contributed by atoms with E-state index < -0.39 is 0 Å². The molecule has 1 rings (SSSR count). The molecule has 0 saturated carbocycles. The van der Waals surface area contributed by atoms with E-state index >= 15 is 0 Å². The van der Waals surface area contributed by atoms with Crippen molar-refractivity contribution in [2.75, 3.05) is 0 Å². The molecule has 0 fully saturated rings. The summed E-state index contributed by atoms with van der Waals surface area (Å²) in [5.41, 5.74) is 1.24. The Labute approximate surface area is 62.0 Å². The van der Waals surface area contributed by atoms with E-state index in [1.54, 1.807) is 0 Å². The zero-order valence-corrected chi connectivity index (χ0v) is 6.67. The maximum absolute atomic E-state index is 4.11. The SMILES string of the molecule is CC(C)C1=NN=CCCC1. The first-order valence-corrected chi connectivity index (χ1v) is 3.89. The third kappa shape index (κ3) is 1.94. The van der Waals surface area contributed by atoms with Crippen LogP contribution in [0.3, 0.4) is 0 Å². The molecule has 1 aliphatic rings. The number of rotatable bonds is 1. The second-order valence-electron chi connectivity index (χ2n) is 2.94.